The van der Waals surface area contributed by atoms with Crippen LogP contribution < -0.4 is 5.32 Å². The number of hydrogen-bond acceptors (Lipinski definition) is 4. The van der Waals surface area contributed by atoms with Crippen molar-refractivity contribution in [2.45, 2.75) is 64.1 Å². The van der Waals surface area contributed by atoms with E-state index in [4.69, 9.17) is 0 Å². The zero-order chi connectivity index (χ0) is 18.6. The van der Waals surface area contributed by atoms with Crippen LogP contribution in [0.2, 0.25) is 0 Å². The quantitative estimate of drug-likeness (QED) is 0.882. The minimum Gasteiger partial charge on any atom is -0.348 e. The van der Waals surface area contributed by atoms with Crippen LogP contribution in [0.5, 0.6) is 0 Å². The average molecular weight is 367 g/mol. The van der Waals surface area contributed by atoms with Crippen molar-refractivity contribution in [1.29, 1.82) is 0 Å². The number of hydrogen-bond donors (Lipinski definition) is 1. The van der Waals surface area contributed by atoms with E-state index in [1.807, 2.05) is 10.9 Å². The molecule has 1 aromatic heterocycles. The number of nitrogens with one attached hydrogen (secondary N) is 1. The first kappa shape index (κ1) is 18.2. The highest BCUT2D eigenvalue weighted by molar-refractivity contribution is 5.92. The van der Waals surface area contributed by atoms with Gasteiger partial charge < -0.3 is 5.32 Å². The van der Waals surface area contributed by atoms with Crippen LogP contribution in [0.1, 0.15) is 66.2 Å². The maximum absolute atomic E-state index is 12.4. The van der Waals surface area contributed by atoms with Crippen LogP contribution in [0.4, 0.5) is 0 Å². The first-order chi connectivity index (χ1) is 13.2. The van der Waals surface area contributed by atoms with Crippen LogP contribution in [0.25, 0.3) is 0 Å². The lowest BCUT2D eigenvalue weighted by atomic mass is 10.0. The molecule has 1 aliphatic heterocycles. The summed E-state index contributed by atoms with van der Waals surface area (Å²) in [5.74, 6) is -0.0829. The van der Waals surface area contributed by atoms with E-state index in [2.05, 4.69) is 51.7 Å². The summed E-state index contributed by atoms with van der Waals surface area (Å²) in [4.78, 5) is 14.9. The zero-order valence-corrected chi connectivity index (χ0v) is 16.1. The number of benzene rings is 1. The van der Waals surface area contributed by atoms with Crippen LogP contribution in [-0.4, -0.2) is 44.9 Å². The van der Waals surface area contributed by atoms with Gasteiger partial charge in [-0.1, -0.05) is 47.9 Å². The van der Waals surface area contributed by atoms with E-state index in [0.717, 1.165) is 45.3 Å². The third-order valence-electron chi connectivity index (χ3n) is 5.81. The molecule has 6 nitrogen and oxygen atoms in total. The molecule has 1 aromatic carbocycles. The van der Waals surface area contributed by atoms with Gasteiger partial charge in [0.25, 0.3) is 5.91 Å². The van der Waals surface area contributed by atoms with Gasteiger partial charge in [0.1, 0.15) is 0 Å². The fourth-order valence-electron chi connectivity index (χ4n) is 4.23. The molecule has 0 bridgehead atoms. The minimum atomic E-state index is -0.0829. The van der Waals surface area contributed by atoms with Gasteiger partial charge in [-0.15, -0.1) is 5.10 Å². The fourth-order valence-corrected chi connectivity index (χ4v) is 4.23. The maximum Gasteiger partial charge on any atom is 0.273 e. The number of piperidine rings is 1. The van der Waals surface area contributed by atoms with Crippen LogP contribution in [0.15, 0.2) is 30.5 Å². The number of carbonyl (C=O) groups excluding carboxylic acids is 1. The first-order valence-electron chi connectivity index (χ1n) is 10.2. The summed E-state index contributed by atoms with van der Waals surface area (Å²) >= 11 is 0. The van der Waals surface area contributed by atoms with Crippen molar-refractivity contribution >= 4 is 5.91 Å². The van der Waals surface area contributed by atoms with Gasteiger partial charge in [-0.3, -0.25) is 9.69 Å². The van der Waals surface area contributed by atoms with E-state index in [1.165, 1.54) is 24.0 Å². The van der Waals surface area contributed by atoms with E-state index in [9.17, 15) is 4.79 Å². The zero-order valence-electron chi connectivity index (χ0n) is 16.1. The van der Waals surface area contributed by atoms with Crippen molar-refractivity contribution in [3.63, 3.8) is 0 Å². The third kappa shape index (κ3) is 4.56. The van der Waals surface area contributed by atoms with Gasteiger partial charge in [-0.05, 0) is 44.7 Å². The van der Waals surface area contributed by atoms with E-state index in [-0.39, 0.29) is 11.9 Å². The highest BCUT2D eigenvalue weighted by Crippen LogP contribution is 2.23. The van der Waals surface area contributed by atoms with Gasteiger partial charge in [0.15, 0.2) is 5.69 Å². The van der Waals surface area contributed by atoms with Crippen LogP contribution in [-0.2, 0) is 6.54 Å². The van der Waals surface area contributed by atoms with Crippen molar-refractivity contribution in [3.05, 3.63) is 47.3 Å². The maximum atomic E-state index is 12.4. The summed E-state index contributed by atoms with van der Waals surface area (Å²) in [6, 6.07) is 9.35. The predicted octanol–water partition coefficient (Wildman–Crippen LogP) is 3.10. The number of amides is 1. The molecule has 2 heterocycles. The monoisotopic (exact) mass is 367 g/mol. The molecule has 1 saturated carbocycles. The lowest BCUT2D eigenvalue weighted by Crippen LogP contribution is -2.36. The molecule has 2 aliphatic rings. The van der Waals surface area contributed by atoms with E-state index in [0.29, 0.717) is 11.7 Å². The Hall–Kier alpha value is -2.21. The number of likely N-dealkylation sites (tertiary alicyclic amines) is 1. The molecule has 2 fully saturated rings. The number of nitrogens with zero attached hydrogens (tertiary/aromatic N) is 4. The fraction of sp³-hybridized carbons (Fsp3) is 0.571. The number of carbonyl (C=O) groups is 1. The van der Waals surface area contributed by atoms with E-state index < -0.39 is 0 Å². The Labute approximate surface area is 160 Å². The second kappa shape index (κ2) is 8.21. The Bertz CT molecular complexity index is 763. The Morgan fingerprint density at radius 2 is 1.93 bits per heavy atom. The third-order valence-corrected chi connectivity index (χ3v) is 5.81. The Balaban J connectivity index is 1.36. The van der Waals surface area contributed by atoms with E-state index in [1.54, 1.807) is 0 Å². The molecule has 1 saturated heterocycles. The van der Waals surface area contributed by atoms with Crippen molar-refractivity contribution in [1.82, 2.24) is 25.2 Å². The van der Waals surface area contributed by atoms with Gasteiger partial charge in [0.2, 0.25) is 0 Å². The van der Waals surface area contributed by atoms with Crippen molar-refractivity contribution in [2.24, 2.45) is 0 Å². The van der Waals surface area contributed by atoms with Crippen LogP contribution in [0.3, 0.4) is 0 Å². The van der Waals surface area contributed by atoms with Crippen LogP contribution >= 0.6 is 0 Å². The molecule has 0 radical (unpaired) electrons. The molecule has 0 spiro atoms. The summed E-state index contributed by atoms with van der Waals surface area (Å²) in [5, 5.41) is 11.5. The number of aromatic nitrogens is 3. The molecule has 0 unspecified atom stereocenters. The standard InChI is InChI=1S/C21H29N5O/c1-16-8-10-17(11-9-16)13-25-12-4-7-19(14-25)26-15-20(23-24-26)21(27)22-18-5-2-3-6-18/h8-11,15,18-19H,2-7,12-14H2,1H3,(H,22,27)/t19-/m0/s1. The Morgan fingerprint density at radius 1 is 1.15 bits per heavy atom. The summed E-state index contributed by atoms with van der Waals surface area (Å²) in [6.07, 6.45) is 8.61. The summed E-state index contributed by atoms with van der Waals surface area (Å²) in [6.45, 7) is 5.13. The van der Waals surface area contributed by atoms with Gasteiger partial charge in [-0.25, -0.2) is 4.68 Å². The van der Waals surface area contributed by atoms with Gasteiger partial charge in [-0.2, -0.15) is 0 Å². The molecule has 144 valence electrons. The largest absolute Gasteiger partial charge is 0.348 e. The highest BCUT2D eigenvalue weighted by Gasteiger charge is 2.24. The molecule has 2 aromatic rings. The van der Waals surface area contributed by atoms with Gasteiger partial charge in [0.05, 0.1) is 12.2 Å². The Morgan fingerprint density at radius 3 is 2.70 bits per heavy atom. The van der Waals surface area contributed by atoms with Gasteiger partial charge >= 0.3 is 0 Å². The molecule has 6 heteroatoms. The summed E-state index contributed by atoms with van der Waals surface area (Å²) in [5.41, 5.74) is 3.08. The summed E-state index contributed by atoms with van der Waals surface area (Å²) in [7, 11) is 0. The second-order valence-corrected chi connectivity index (χ2v) is 8.06. The second-order valence-electron chi connectivity index (χ2n) is 8.06. The lowest BCUT2D eigenvalue weighted by Gasteiger charge is -2.32. The van der Waals surface area contributed by atoms with Crippen molar-refractivity contribution in [3.8, 4) is 0 Å². The average Bonchev–Trinajstić information content (AvgIpc) is 3.36. The SMILES string of the molecule is Cc1ccc(CN2CCC[C@H](n3cc(C(=O)NC4CCCC4)nn3)C2)cc1. The van der Waals surface area contributed by atoms with E-state index >= 15 is 0 Å². The molecule has 1 atom stereocenters. The minimum absolute atomic E-state index is 0.0829. The molecular formula is C21H29N5O. The Kier molecular flexibility index (Phi) is 5.53. The van der Waals surface area contributed by atoms with Crippen molar-refractivity contribution < 1.29 is 4.79 Å². The number of aryl methyl sites for hydroxylation is 1. The van der Waals surface area contributed by atoms with Gasteiger partial charge in [0, 0.05) is 19.1 Å². The topological polar surface area (TPSA) is 63.1 Å². The lowest BCUT2D eigenvalue weighted by molar-refractivity contribution is 0.0932. The highest BCUT2D eigenvalue weighted by atomic mass is 16.2. The first-order valence-corrected chi connectivity index (χ1v) is 10.2. The molecule has 4 rings (SSSR count). The summed E-state index contributed by atoms with van der Waals surface area (Å²) < 4.78 is 1.89. The van der Waals surface area contributed by atoms with Crippen molar-refractivity contribution in [2.75, 3.05) is 13.1 Å². The molecular weight excluding hydrogens is 338 g/mol. The molecule has 1 aliphatic carbocycles. The molecule has 27 heavy (non-hydrogen) atoms. The molecule has 1 N–H and O–H groups in total. The number of rotatable bonds is 5. The normalized spacial score (nSPS) is 21.4. The smallest absolute Gasteiger partial charge is 0.273 e. The molecule has 1 amide bonds. The van der Waals surface area contributed by atoms with Crippen LogP contribution in [0, 0.1) is 6.92 Å². The predicted molar refractivity (Wildman–Crippen MR) is 104 cm³/mol.